The first-order valence-electron chi connectivity index (χ1n) is 14.1. The number of nitrogen functional groups attached to an aromatic ring is 2. The number of rotatable bonds is 17. The third-order valence-corrected chi connectivity index (χ3v) is 6.52. The van der Waals surface area contributed by atoms with Gasteiger partial charge in [-0.3, -0.25) is 19.2 Å². The highest BCUT2D eigenvalue weighted by atomic mass is 16.4. The van der Waals surface area contributed by atoms with E-state index < -0.39 is 23.9 Å². The molecule has 0 spiro atoms. The second kappa shape index (κ2) is 16.3. The number of carboxylic acids is 2. The molecule has 17 nitrogen and oxygen atoms in total. The van der Waals surface area contributed by atoms with Crippen LogP contribution in [0.25, 0.3) is 11.2 Å². The van der Waals surface area contributed by atoms with Gasteiger partial charge in [-0.1, -0.05) is 0 Å². The molecule has 9 N–H and O–H groups in total. The van der Waals surface area contributed by atoms with Crippen molar-refractivity contribution in [2.75, 3.05) is 36.5 Å². The molecule has 17 heteroatoms. The molecule has 3 amide bonds. The molecule has 1 unspecified atom stereocenters. The highest BCUT2D eigenvalue weighted by Gasteiger charge is 2.20. The molecule has 1 atom stereocenters. The summed E-state index contributed by atoms with van der Waals surface area (Å²) >= 11 is 0. The first-order chi connectivity index (χ1) is 21.4. The van der Waals surface area contributed by atoms with Crippen LogP contribution in [0.2, 0.25) is 0 Å². The molecule has 3 rings (SSSR count). The maximum Gasteiger partial charge on any atom is 0.326 e. The molecule has 0 aliphatic carbocycles. The van der Waals surface area contributed by atoms with E-state index in [1.54, 1.807) is 30.5 Å². The van der Waals surface area contributed by atoms with Crippen molar-refractivity contribution in [1.82, 2.24) is 35.9 Å². The number of amides is 3. The lowest BCUT2D eigenvalue weighted by molar-refractivity contribution is -0.143. The number of fused-ring (bicyclic) bond motifs is 1. The van der Waals surface area contributed by atoms with E-state index in [1.807, 2.05) is 11.9 Å². The number of aromatic nitrogens is 4. The van der Waals surface area contributed by atoms with Crippen LogP contribution in [0, 0.1) is 0 Å². The van der Waals surface area contributed by atoms with Crippen molar-refractivity contribution < 1.29 is 34.2 Å². The predicted molar refractivity (Wildman–Crippen MR) is 163 cm³/mol. The Kier molecular flexibility index (Phi) is 12.3. The summed E-state index contributed by atoms with van der Waals surface area (Å²) in [5.41, 5.74) is 14.1. The Morgan fingerprint density at radius 1 is 0.889 bits per heavy atom. The van der Waals surface area contributed by atoms with E-state index in [0.29, 0.717) is 35.4 Å². The van der Waals surface area contributed by atoms with Crippen LogP contribution in [0.5, 0.6) is 0 Å². The summed E-state index contributed by atoms with van der Waals surface area (Å²) in [6.45, 7) is 0.896. The van der Waals surface area contributed by atoms with Crippen molar-refractivity contribution >= 4 is 58.3 Å². The minimum absolute atomic E-state index is 0.0228. The van der Waals surface area contributed by atoms with E-state index >= 15 is 0 Å². The van der Waals surface area contributed by atoms with Gasteiger partial charge >= 0.3 is 11.9 Å². The number of nitrogens with zero attached hydrogens (tertiary/aromatic N) is 5. The van der Waals surface area contributed by atoms with Gasteiger partial charge in [-0.05, 0) is 43.5 Å². The zero-order valence-corrected chi connectivity index (χ0v) is 24.7. The van der Waals surface area contributed by atoms with Gasteiger partial charge in [0, 0.05) is 50.7 Å². The topological polar surface area (TPSA) is 269 Å². The molecular formula is C28H36N10O7. The fourth-order valence-corrected chi connectivity index (χ4v) is 4.17. The summed E-state index contributed by atoms with van der Waals surface area (Å²) < 4.78 is 0. The predicted octanol–water partition coefficient (Wildman–Crippen LogP) is 0.0612. The lowest BCUT2D eigenvalue weighted by Gasteiger charge is -2.19. The third kappa shape index (κ3) is 10.9. The molecular weight excluding hydrogens is 588 g/mol. The molecule has 2 heterocycles. The number of aliphatic carboxylic acids is 2. The van der Waals surface area contributed by atoms with E-state index in [9.17, 15) is 24.0 Å². The van der Waals surface area contributed by atoms with Gasteiger partial charge in [0.15, 0.2) is 17.0 Å². The van der Waals surface area contributed by atoms with Crippen LogP contribution in [-0.4, -0.2) is 86.0 Å². The van der Waals surface area contributed by atoms with Gasteiger partial charge < -0.3 is 42.5 Å². The Labute approximate surface area is 257 Å². The molecule has 0 bridgehead atoms. The average molecular weight is 625 g/mol. The van der Waals surface area contributed by atoms with Gasteiger partial charge in [0.05, 0.1) is 18.4 Å². The van der Waals surface area contributed by atoms with Crippen molar-refractivity contribution in [3.63, 3.8) is 0 Å². The molecule has 0 aliphatic heterocycles. The van der Waals surface area contributed by atoms with E-state index in [2.05, 4.69) is 35.9 Å². The first-order valence-corrected chi connectivity index (χ1v) is 14.1. The van der Waals surface area contributed by atoms with E-state index in [0.717, 1.165) is 5.69 Å². The molecule has 0 aliphatic rings. The van der Waals surface area contributed by atoms with Crippen LogP contribution < -0.4 is 32.3 Å². The number of carbonyl (C=O) groups is 5. The molecule has 45 heavy (non-hydrogen) atoms. The number of carboxylic acid groups (broad SMARTS) is 2. The first kappa shape index (κ1) is 33.9. The second-order valence-electron chi connectivity index (χ2n) is 10.1. The molecule has 3 aromatic rings. The third-order valence-electron chi connectivity index (χ3n) is 6.52. The highest BCUT2D eigenvalue weighted by Crippen LogP contribution is 2.18. The molecule has 0 saturated heterocycles. The van der Waals surface area contributed by atoms with Crippen LogP contribution >= 0.6 is 0 Å². The largest absolute Gasteiger partial charge is 0.481 e. The molecule has 0 fully saturated rings. The zero-order valence-electron chi connectivity index (χ0n) is 24.7. The second-order valence-corrected chi connectivity index (χ2v) is 10.1. The number of carbonyl (C=O) groups excluding carboxylic acids is 3. The van der Waals surface area contributed by atoms with Gasteiger partial charge in [0.1, 0.15) is 6.04 Å². The summed E-state index contributed by atoms with van der Waals surface area (Å²) in [4.78, 5) is 76.9. The fraction of sp³-hybridized carbons (Fsp3) is 0.393. The van der Waals surface area contributed by atoms with Gasteiger partial charge in [0.25, 0.3) is 5.91 Å². The fourth-order valence-electron chi connectivity index (χ4n) is 4.17. The van der Waals surface area contributed by atoms with Crippen molar-refractivity contribution in [3.8, 4) is 0 Å². The van der Waals surface area contributed by atoms with Crippen LogP contribution in [0.1, 0.15) is 54.6 Å². The van der Waals surface area contributed by atoms with Gasteiger partial charge in [0.2, 0.25) is 17.8 Å². The minimum atomic E-state index is -1.31. The van der Waals surface area contributed by atoms with Crippen LogP contribution in [0.4, 0.5) is 17.5 Å². The van der Waals surface area contributed by atoms with Crippen LogP contribution in [0.3, 0.4) is 0 Å². The van der Waals surface area contributed by atoms with E-state index in [-0.39, 0.29) is 68.8 Å². The summed E-state index contributed by atoms with van der Waals surface area (Å²) in [5, 5.41) is 25.5. The number of nitrogens with two attached hydrogens (primary N) is 2. The van der Waals surface area contributed by atoms with Crippen LogP contribution in [-0.2, 0) is 25.7 Å². The van der Waals surface area contributed by atoms with Gasteiger partial charge in [-0.2, -0.15) is 9.97 Å². The van der Waals surface area contributed by atoms with E-state index in [1.165, 1.54) is 0 Å². The molecule has 240 valence electrons. The zero-order chi connectivity index (χ0) is 32.9. The van der Waals surface area contributed by atoms with Crippen molar-refractivity contribution in [1.29, 1.82) is 0 Å². The normalized spacial score (nSPS) is 11.4. The minimum Gasteiger partial charge on any atom is -0.481 e. The number of hydrogen-bond acceptors (Lipinski definition) is 12. The van der Waals surface area contributed by atoms with Crippen LogP contribution in [0.15, 0.2) is 30.5 Å². The number of benzene rings is 1. The van der Waals surface area contributed by atoms with Crippen molar-refractivity contribution in [2.45, 2.75) is 51.1 Å². The maximum absolute atomic E-state index is 12.5. The summed E-state index contributed by atoms with van der Waals surface area (Å²) in [6.07, 6.45) is 1.79. The maximum atomic E-state index is 12.5. The van der Waals surface area contributed by atoms with Gasteiger partial charge in [-0.15, -0.1) is 0 Å². The number of hydrogen-bond donors (Lipinski definition) is 7. The Morgan fingerprint density at radius 3 is 2.22 bits per heavy atom. The smallest absolute Gasteiger partial charge is 0.326 e. The lowest BCUT2D eigenvalue weighted by atomic mass is 10.1. The summed E-state index contributed by atoms with van der Waals surface area (Å²) in [6, 6.07) is 5.69. The lowest BCUT2D eigenvalue weighted by Crippen LogP contribution is -2.41. The molecule has 0 radical (unpaired) electrons. The Hall–Kier alpha value is -5.61. The summed E-state index contributed by atoms with van der Waals surface area (Å²) in [5.74, 6) is -3.38. The number of anilines is 3. The standard InChI is InChI=1S/C28H36N10O7/c1-38(15-17-14-33-25-23(34-17)24(29)36-28(30)37-25)18-8-6-16(7-9-18)26(43)32-13-2-4-20(39)31-12-3-5-21(40)35-19(27(44)45)10-11-22(41)42/h6-9,14,19H,2-5,10-13,15H2,1H3,(H,31,39)(H,32,43)(H,35,40)(H,41,42)(H,44,45)(H4,29,30,33,36,37). The Bertz CT molecular complexity index is 1530. The van der Waals surface area contributed by atoms with Crippen molar-refractivity contribution in [3.05, 3.63) is 41.7 Å². The highest BCUT2D eigenvalue weighted by molar-refractivity contribution is 5.94. The molecule has 2 aromatic heterocycles. The monoisotopic (exact) mass is 624 g/mol. The number of nitrogens with one attached hydrogen (secondary N) is 3. The average Bonchev–Trinajstić information content (AvgIpc) is 2.99. The van der Waals surface area contributed by atoms with E-state index in [4.69, 9.17) is 21.7 Å². The quantitative estimate of drug-likeness (QED) is 0.0979. The van der Waals surface area contributed by atoms with Gasteiger partial charge in [-0.25, -0.2) is 14.8 Å². The summed E-state index contributed by atoms with van der Waals surface area (Å²) in [7, 11) is 1.86. The molecule has 0 saturated carbocycles. The molecule has 1 aromatic carbocycles. The van der Waals surface area contributed by atoms with Crippen molar-refractivity contribution in [2.24, 2.45) is 0 Å². The SMILES string of the molecule is CN(Cc1cnc2nc(N)nc(N)c2n1)c1ccc(C(=O)NCCCC(=O)NCCCC(=O)NC(CCC(=O)O)C(=O)O)cc1. The Balaban J connectivity index is 1.33. The Morgan fingerprint density at radius 2 is 1.56 bits per heavy atom.